The van der Waals surface area contributed by atoms with Crippen LogP contribution in [0.1, 0.15) is 49.8 Å². The van der Waals surface area contributed by atoms with Gasteiger partial charge in [-0.1, -0.05) is 56.3 Å². The van der Waals surface area contributed by atoms with Gasteiger partial charge < -0.3 is 0 Å². The van der Waals surface area contributed by atoms with Crippen molar-refractivity contribution >= 4 is 10.0 Å². The number of nitrogens with one attached hydrogen (secondary N) is 1. The molecule has 0 unspecified atom stereocenters. The van der Waals surface area contributed by atoms with Gasteiger partial charge in [0.25, 0.3) is 0 Å². The van der Waals surface area contributed by atoms with Crippen molar-refractivity contribution in [1.82, 2.24) is 9.62 Å². The summed E-state index contributed by atoms with van der Waals surface area (Å²) in [4.78, 5) is 2.70. The maximum atomic E-state index is 12.7. The average Bonchev–Trinajstić information content (AvgIpc) is 3.17. The summed E-state index contributed by atoms with van der Waals surface area (Å²) in [6, 6.07) is 17.4. The molecule has 1 aliphatic heterocycles. The lowest BCUT2D eigenvalue weighted by molar-refractivity contribution is 0.246. The quantitative estimate of drug-likeness (QED) is 0.801. The molecule has 1 heterocycles. The third-order valence-corrected chi connectivity index (χ3v) is 6.53. The predicted octanol–water partition coefficient (Wildman–Crippen LogP) is 3.93. The Morgan fingerprint density at radius 2 is 1.54 bits per heavy atom. The van der Waals surface area contributed by atoms with Gasteiger partial charge in [-0.05, 0) is 55.1 Å². The zero-order valence-electron chi connectivity index (χ0n) is 15.6. The molecule has 1 N–H and O–H groups in total. The Kier molecular flexibility index (Phi) is 6.12. The van der Waals surface area contributed by atoms with E-state index < -0.39 is 10.0 Å². The first kappa shape index (κ1) is 19.1. The molecule has 2 aromatic rings. The molecule has 26 heavy (non-hydrogen) atoms. The number of nitrogens with zero attached hydrogens (tertiary/aromatic N) is 1. The summed E-state index contributed by atoms with van der Waals surface area (Å²) in [6.07, 6.45) is 2.35. The highest BCUT2D eigenvalue weighted by Crippen LogP contribution is 2.25. The van der Waals surface area contributed by atoms with Crippen molar-refractivity contribution in [2.75, 3.05) is 19.6 Å². The van der Waals surface area contributed by atoms with Crippen LogP contribution in [-0.4, -0.2) is 33.0 Å². The van der Waals surface area contributed by atoms with Crippen molar-refractivity contribution in [1.29, 1.82) is 0 Å². The summed E-state index contributed by atoms with van der Waals surface area (Å²) in [7, 11) is -3.51. The molecule has 4 nitrogen and oxygen atoms in total. The highest BCUT2D eigenvalue weighted by molar-refractivity contribution is 7.89. The van der Waals surface area contributed by atoms with Crippen LogP contribution in [0.3, 0.4) is 0 Å². The molecule has 5 heteroatoms. The van der Waals surface area contributed by atoms with E-state index in [1.807, 2.05) is 30.3 Å². The van der Waals surface area contributed by atoms with Crippen LogP contribution in [0, 0.1) is 0 Å². The highest BCUT2D eigenvalue weighted by atomic mass is 32.2. The second kappa shape index (κ2) is 8.33. The van der Waals surface area contributed by atoms with E-state index in [0.29, 0.717) is 17.4 Å². The monoisotopic (exact) mass is 372 g/mol. The van der Waals surface area contributed by atoms with Gasteiger partial charge in [0, 0.05) is 12.6 Å². The minimum Gasteiger partial charge on any atom is -0.295 e. The fourth-order valence-electron chi connectivity index (χ4n) is 3.49. The summed E-state index contributed by atoms with van der Waals surface area (Å²) < 4.78 is 28.3. The summed E-state index contributed by atoms with van der Waals surface area (Å²) >= 11 is 0. The molecule has 1 saturated heterocycles. The Morgan fingerprint density at radius 3 is 2.12 bits per heavy atom. The minimum absolute atomic E-state index is 0.0726. The molecule has 0 aromatic heterocycles. The molecule has 1 fully saturated rings. The van der Waals surface area contributed by atoms with E-state index in [0.717, 1.165) is 24.2 Å². The molecule has 140 valence electrons. The number of rotatable bonds is 7. The Bertz CT molecular complexity index is 796. The van der Waals surface area contributed by atoms with Gasteiger partial charge in [-0.3, -0.25) is 4.90 Å². The normalized spacial score (nSPS) is 16.9. The standard InChI is InChI=1S/C21H28N2O2S/c1-17(2)18-10-12-20(13-11-18)26(24,25)22-16-21(23-14-6-7-15-23)19-8-4-3-5-9-19/h3-5,8-13,17,21-22H,6-7,14-16H2,1-2H3/t21-/m1/s1. The molecule has 0 spiro atoms. The lowest BCUT2D eigenvalue weighted by Crippen LogP contribution is -2.36. The molecule has 3 rings (SSSR count). The minimum atomic E-state index is -3.51. The first-order valence-electron chi connectivity index (χ1n) is 9.36. The van der Waals surface area contributed by atoms with Crippen LogP contribution < -0.4 is 4.72 Å². The Balaban J connectivity index is 1.75. The van der Waals surface area contributed by atoms with E-state index in [9.17, 15) is 8.42 Å². The number of benzene rings is 2. The van der Waals surface area contributed by atoms with Gasteiger partial charge in [-0.25, -0.2) is 13.1 Å². The Hall–Kier alpha value is -1.69. The summed E-state index contributed by atoms with van der Waals surface area (Å²) in [6.45, 7) is 6.62. The van der Waals surface area contributed by atoms with Gasteiger partial charge in [-0.2, -0.15) is 0 Å². The van der Waals surface area contributed by atoms with Gasteiger partial charge in [0.15, 0.2) is 0 Å². The summed E-state index contributed by atoms with van der Waals surface area (Å²) in [5, 5.41) is 0. The third-order valence-electron chi connectivity index (χ3n) is 5.09. The van der Waals surface area contributed by atoms with Crippen LogP contribution >= 0.6 is 0 Å². The first-order valence-corrected chi connectivity index (χ1v) is 10.8. The zero-order chi connectivity index (χ0) is 18.6. The van der Waals surface area contributed by atoms with Crippen molar-refractivity contribution in [3.8, 4) is 0 Å². The fraction of sp³-hybridized carbons (Fsp3) is 0.429. The predicted molar refractivity (Wildman–Crippen MR) is 106 cm³/mol. The number of hydrogen-bond donors (Lipinski definition) is 1. The SMILES string of the molecule is CC(C)c1ccc(S(=O)(=O)NC[C@H](c2ccccc2)N2CCCC2)cc1. The zero-order valence-corrected chi connectivity index (χ0v) is 16.4. The van der Waals surface area contributed by atoms with Crippen LogP contribution in [-0.2, 0) is 10.0 Å². The van der Waals surface area contributed by atoms with E-state index in [1.165, 1.54) is 12.8 Å². The van der Waals surface area contributed by atoms with Gasteiger partial charge in [-0.15, -0.1) is 0 Å². The molecule has 0 amide bonds. The maximum absolute atomic E-state index is 12.7. The van der Waals surface area contributed by atoms with Crippen LogP contribution in [0.15, 0.2) is 59.5 Å². The number of sulfonamides is 1. The second-order valence-electron chi connectivity index (χ2n) is 7.25. The van der Waals surface area contributed by atoms with E-state index in [4.69, 9.17) is 0 Å². The summed E-state index contributed by atoms with van der Waals surface area (Å²) in [5.41, 5.74) is 2.30. The largest absolute Gasteiger partial charge is 0.295 e. The summed E-state index contributed by atoms with van der Waals surface area (Å²) in [5.74, 6) is 0.386. The molecular weight excluding hydrogens is 344 g/mol. The number of hydrogen-bond acceptors (Lipinski definition) is 3. The lowest BCUT2D eigenvalue weighted by Gasteiger charge is -2.28. The smallest absolute Gasteiger partial charge is 0.240 e. The maximum Gasteiger partial charge on any atom is 0.240 e. The first-order chi connectivity index (χ1) is 12.5. The highest BCUT2D eigenvalue weighted by Gasteiger charge is 2.25. The van der Waals surface area contributed by atoms with E-state index in [-0.39, 0.29) is 6.04 Å². The van der Waals surface area contributed by atoms with Gasteiger partial charge >= 0.3 is 0 Å². The molecule has 2 aromatic carbocycles. The van der Waals surface area contributed by atoms with Crippen molar-refractivity contribution in [2.24, 2.45) is 0 Å². The molecular formula is C21H28N2O2S. The molecule has 0 radical (unpaired) electrons. The van der Waals surface area contributed by atoms with Crippen molar-refractivity contribution in [3.63, 3.8) is 0 Å². The van der Waals surface area contributed by atoms with Crippen molar-refractivity contribution in [3.05, 3.63) is 65.7 Å². The van der Waals surface area contributed by atoms with E-state index in [2.05, 4.69) is 35.6 Å². The number of likely N-dealkylation sites (tertiary alicyclic amines) is 1. The van der Waals surface area contributed by atoms with Gasteiger partial charge in [0.1, 0.15) is 0 Å². The van der Waals surface area contributed by atoms with Gasteiger partial charge in [0.05, 0.1) is 4.90 Å². The van der Waals surface area contributed by atoms with Gasteiger partial charge in [0.2, 0.25) is 10.0 Å². The van der Waals surface area contributed by atoms with Crippen LogP contribution in [0.25, 0.3) is 0 Å². The average molecular weight is 373 g/mol. The van der Waals surface area contributed by atoms with E-state index >= 15 is 0 Å². The second-order valence-corrected chi connectivity index (χ2v) is 9.01. The molecule has 1 atom stereocenters. The van der Waals surface area contributed by atoms with E-state index in [1.54, 1.807) is 12.1 Å². The van der Waals surface area contributed by atoms with Crippen LogP contribution in [0.5, 0.6) is 0 Å². The Morgan fingerprint density at radius 1 is 0.923 bits per heavy atom. The molecule has 0 aliphatic carbocycles. The molecule has 0 saturated carbocycles. The lowest BCUT2D eigenvalue weighted by atomic mass is 10.0. The van der Waals surface area contributed by atoms with Crippen LogP contribution in [0.2, 0.25) is 0 Å². The fourth-order valence-corrected chi connectivity index (χ4v) is 4.53. The third kappa shape index (κ3) is 4.53. The van der Waals surface area contributed by atoms with Crippen molar-refractivity contribution < 1.29 is 8.42 Å². The molecule has 0 bridgehead atoms. The topological polar surface area (TPSA) is 49.4 Å². The molecule has 1 aliphatic rings. The Labute approximate surface area is 157 Å². The van der Waals surface area contributed by atoms with Crippen LogP contribution in [0.4, 0.5) is 0 Å². The van der Waals surface area contributed by atoms with Crippen molar-refractivity contribution in [2.45, 2.75) is 43.5 Å².